The van der Waals surface area contributed by atoms with Crippen molar-refractivity contribution in [3.63, 3.8) is 0 Å². The summed E-state index contributed by atoms with van der Waals surface area (Å²) >= 11 is 5.94. The third-order valence-electron chi connectivity index (χ3n) is 2.61. The minimum absolute atomic E-state index is 0.218. The minimum Gasteiger partial charge on any atom is -0.491 e. The molecular formula is C15H12ClFN2O. The van der Waals surface area contributed by atoms with Crippen LogP contribution in [-0.4, -0.2) is 6.61 Å². The third kappa shape index (κ3) is 3.19. The maximum Gasteiger partial charge on any atom is 0.167 e. The highest BCUT2D eigenvalue weighted by Crippen LogP contribution is 2.26. The van der Waals surface area contributed by atoms with Gasteiger partial charge in [0.1, 0.15) is 6.07 Å². The molecule has 0 saturated heterocycles. The van der Waals surface area contributed by atoms with Crippen molar-refractivity contribution in [2.45, 2.75) is 6.92 Å². The lowest BCUT2D eigenvalue weighted by atomic mass is 10.2. The fourth-order valence-corrected chi connectivity index (χ4v) is 1.92. The molecule has 0 bridgehead atoms. The monoisotopic (exact) mass is 290 g/mol. The molecule has 0 amide bonds. The molecule has 0 radical (unpaired) electrons. The van der Waals surface area contributed by atoms with Gasteiger partial charge in [-0.2, -0.15) is 5.26 Å². The Hall–Kier alpha value is -2.25. The van der Waals surface area contributed by atoms with Gasteiger partial charge in [-0.25, -0.2) is 4.39 Å². The summed E-state index contributed by atoms with van der Waals surface area (Å²) in [5.74, 6) is -0.215. The number of nitrogens with one attached hydrogen (secondary N) is 1. The van der Waals surface area contributed by atoms with E-state index in [2.05, 4.69) is 5.32 Å². The van der Waals surface area contributed by atoms with Crippen molar-refractivity contribution < 1.29 is 9.13 Å². The Labute approximate surface area is 121 Å². The maximum absolute atomic E-state index is 13.7. The molecule has 0 saturated carbocycles. The molecule has 0 spiro atoms. The number of nitrogens with zero attached hydrogens (tertiary/aromatic N) is 1. The van der Waals surface area contributed by atoms with Gasteiger partial charge in [-0.15, -0.1) is 0 Å². The summed E-state index contributed by atoms with van der Waals surface area (Å²) in [5.41, 5.74) is 1.65. The molecule has 102 valence electrons. The first-order chi connectivity index (χ1) is 9.63. The van der Waals surface area contributed by atoms with Crippen LogP contribution in [0.1, 0.15) is 12.5 Å². The predicted octanol–water partition coefficient (Wildman–Crippen LogP) is 4.49. The lowest BCUT2D eigenvalue weighted by Gasteiger charge is -2.10. The Kier molecular flexibility index (Phi) is 4.44. The fraction of sp³-hybridized carbons (Fsp3) is 0.133. The summed E-state index contributed by atoms with van der Waals surface area (Å²) in [6.45, 7) is 2.21. The van der Waals surface area contributed by atoms with Gasteiger partial charge in [0.2, 0.25) is 0 Å². The van der Waals surface area contributed by atoms with Crippen molar-refractivity contribution in [2.75, 3.05) is 11.9 Å². The molecule has 0 aliphatic heterocycles. The van der Waals surface area contributed by atoms with E-state index in [9.17, 15) is 4.39 Å². The molecule has 3 nitrogen and oxygen atoms in total. The Morgan fingerprint density at radius 1 is 1.25 bits per heavy atom. The SMILES string of the molecule is CCOc1ccc(Nc2ccc(C#N)c(Cl)c2)cc1F. The van der Waals surface area contributed by atoms with Crippen molar-refractivity contribution in [3.8, 4) is 11.8 Å². The molecule has 1 N–H and O–H groups in total. The van der Waals surface area contributed by atoms with Crippen LogP contribution in [0, 0.1) is 17.1 Å². The van der Waals surface area contributed by atoms with Crippen LogP contribution in [0.2, 0.25) is 5.02 Å². The highest BCUT2D eigenvalue weighted by molar-refractivity contribution is 6.32. The molecule has 0 fully saturated rings. The molecule has 2 aromatic rings. The van der Waals surface area contributed by atoms with Crippen LogP contribution in [0.5, 0.6) is 5.75 Å². The lowest BCUT2D eigenvalue weighted by Crippen LogP contribution is -1.96. The van der Waals surface area contributed by atoms with E-state index in [0.29, 0.717) is 28.6 Å². The van der Waals surface area contributed by atoms with E-state index >= 15 is 0 Å². The number of nitriles is 1. The normalized spacial score (nSPS) is 9.90. The number of benzene rings is 2. The van der Waals surface area contributed by atoms with Gasteiger partial charge in [-0.05, 0) is 37.3 Å². The summed E-state index contributed by atoms with van der Waals surface area (Å²) in [5, 5.41) is 12.2. The first-order valence-electron chi connectivity index (χ1n) is 6.03. The molecule has 0 aromatic heterocycles. The van der Waals surface area contributed by atoms with Gasteiger partial charge >= 0.3 is 0 Å². The van der Waals surface area contributed by atoms with Crippen molar-refractivity contribution in [2.24, 2.45) is 0 Å². The number of hydrogen-bond acceptors (Lipinski definition) is 3. The zero-order valence-corrected chi connectivity index (χ0v) is 11.5. The van der Waals surface area contributed by atoms with Gasteiger partial charge in [0.25, 0.3) is 0 Å². The first kappa shape index (κ1) is 14.2. The molecule has 0 unspecified atom stereocenters. The number of hydrogen-bond donors (Lipinski definition) is 1. The smallest absolute Gasteiger partial charge is 0.167 e. The number of ether oxygens (including phenoxy) is 1. The van der Waals surface area contributed by atoms with E-state index in [4.69, 9.17) is 21.6 Å². The van der Waals surface area contributed by atoms with E-state index in [-0.39, 0.29) is 5.75 Å². The van der Waals surface area contributed by atoms with Gasteiger partial charge < -0.3 is 10.1 Å². The van der Waals surface area contributed by atoms with Crippen molar-refractivity contribution in [1.82, 2.24) is 0 Å². The van der Waals surface area contributed by atoms with Gasteiger partial charge in [-0.1, -0.05) is 11.6 Å². The van der Waals surface area contributed by atoms with Crippen LogP contribution in [0.3, 0.4) is 0 Å². The first-order valence-corrected chi connectivity index (χ1v) is 6.41. The predicted molar refractivity (Wildman–Crippen MR) is 77.0 cm³/mol. The third-order valence-corrected chi connectivity index (χ3v) is 2.92. The number of rotatable bonds is 4. The molecule has 20 heavy (non-hydrogen) atoms. The van der Waals surface area contributed by atoms with Crippen molar-refractivity contribution in [3.05, 3.63) is 52.8 Å². The molecule has 0 heterocycles. The molecule has 0 aliphatic rings. The van der Waals surface area contributed by atoms with Gasteiger partial charge in [0, 0.05) is 17.4 Å². The second-order valence-electron chi connectivity index (χ2n) is 4.01. The molecule has 5 heteroatoms. The molecule has 0 atom stereocenters. The highest BCUT2D eigenvalue weighted by atomic mass is 35.5. The Morgan fingerprint density at radius 3 is 2.55 bits per heavy atom. The fourth-order valence-electron chi connectivity index (χ4n) is 1.70. The lowest BCUT2D eigenvalue weighted by molar-refractivity contribution is 0.321. The largest absolute Gasteiger partial charge is 0.491 e. The van der Waals surface area contributed by atoms with E-state index in [1.165, 1.54) is 6.07 Å². The van der Waals surface area contributed by atoms with Crippen LogP contribution < -0.4 is 10.1 Å². The van der Waals surface area contributed by atoms with E-state index < -0.39 is 5.82 Å². The summed E-state index contributed by atoms with van der Waals surface area (Å²) in [4.78, 5) is 0. The van der Waals surface area contributed by atoms with Crippen molar-refractivity contribution >= 4 is 23.0 Å². The second kappa shape index (κ2) is 6.27. The van der Waals surface area contributed by atoms with Gasteiger partial charge in [0.05, 0.1) is 17.2 Å². The Bertz CT molecular complexity index is 667. The van der Waals surface area contributed by atoms with Gasteiger partial charge in [-0.3, -0.25) is 0 Å². The highest BCUT2D eigenvalue weighted by Gasteiger charge is 2.06. The van der Waals surface area contributed by atoms with Gasteiger partial charge in [0.15, 0.2) is 11.6 Å². The van der Waals surface area contributed by atoms with Crippen molar-refractivity contribution in [1.29, 1.82) is 5.26 Å². The standard InChI is InChI=1S/C15H12ClFN2O/c1-2-20-15-6-5-12(8-14(15)17)19-11-4-3-10(9-18)13(16)7-11/h3-8,19H,2H2,1H3. The average Bonchev–Trinajstić information content (AvgIpc) is 2.42. The number of anilines is 2. The summed E-state index contributed by atoms with van der Waals surface area (Å²) in [7, 11) is 0. The van der Waals surface area contributed by atoms with Crippen LogP contribution in [0.15, 0.2) is 36.4 Å². The Balaban J connectivity index is 2.20. The minimum atomic E-state index is -0.434. The topological polar surface area (TPSA) is 45.0 Å². The zero-order valence-electron chi connectivity index (χ0n) is 10.8. The molecular weight excluding hydrogens is 279 g/mol. The van der Waals surface area contributed by atoms with Crippen LogP contribution in [0.4, 0.5) is 15.8 Å². The molecule has 0 aliphatic carbocycles. The maximum atomic E-state index is 13.7. The summed E-state index contributed by atoms with van der Waals surface area (Å²) in [6, 6.07) is 11.5. The summed E-state index contributed by atoms with van der Waals surface area (Å²) in [6.07, 6.45) is 0. The average molecular weight is 291 g/mol. The molecule has 2 rings (SSSR count). The van der Waals surface area contributed by atoms with E-state index in [1.807, 2.05) is 6.07 Å². The van der Waals surface area contributed by atoms with E-state index in [1.54, 1.807) is 37.3 Å². The quantitative estimate of drug-likeness (QED) is 0.902. The number of halogens is 2. The Morgan fingerprint density at radius 2 is 1.95 bits per heavy atom. The second-order valence-corrected chi connectivity index (χ2v) is 4.42. The summed E-state index contributed by atoms with van der Waals surface area (Å²) < 4.78 is 18.8. The zero-order chi connectivity index (χ0) is 14.5. The van der Waals surface area contributed by atoms with Crippen LogP contribution in [0.25, 0.3) is 0 Å². The van der Waals surface area contributed by atoms with Crippen LogP contribution >= 0.6 is 11.6 Å². The van der Waals surface area contributed by atoms with Crippen LogP contribution in [-0.2, 0) is 0 Å². The molecule has 2 aromatic carbocycles. The van der Waals surface area contributed by atoms with E-state index in [0.717, 1.165) is 0 Å².